The predicted molar refractivity (Wildman–Crippen MR) is 98.6 cm³/mol. The summed E-state index contributed by atoms with van der Waals surface area (Å²) in [5, 5.41) is 3.85. The smallest absolute Gasteiger partial charge is 0.275 e. The van der Waals surface area contributed by atoms with Crippen molar-refractivity contribution in [2.24, 2.45) is 5.73 Å². The fraction of sp³-hybridized carbons (Fsp3) is 0.0714. The van der Waals surface area contributed by atoms with Gasteiger partial charge in [-0.15, -0.1) is 22.7 Å². The highest BCUT2D eigenvalue weighted by molar-refractivity contribution is 8.02. The highest BCUT2D eigenvalue weighted by atomic mass is 32.2. The van der Waals surface area contributed by atoms with Crippen LogP contribution in [0.3, 0.4) is 0 Å². The first-order valence-electron chi connectivity index (χ1n) is 6.78. The number of thiazole rings is 2. The van der Waals surface area contributed by atoms with Gasteiger partial charge in [0.25, 0.3) is 5.91 Å². The Kier molecular flexibility index (Phi) is 5.00. The van der Waals surface area contributed by atoms with Crippen LogP contribution >= 0.6 is 34.4 Å². The van der Waals surface area contributed by atoms with E-state index in [0.717, 1.165) is 17.4 Å². The van der Waals surface area contributed by atoms with Crippen LogP contribution in [-0.4, -0.2) is 15.9 Å². The van der Waals surface area contributed by atoms with E-state index < -0.39 is 10.8 Å². The Morgan fingerprint density at radius 3 is 2.67 bits per heavy atom. The highest BCUT2D eigenvalue weighted by Gasteiger charge is 2.41. The summed E-state index contributed by atoms with van der Waals surface area (Å²) in [5.74, 6) is -0.447. The second kappa shape index (κ2) is 7.18. The van der Waals surface area contributed by atoms with Gasteiger partial charge in [-0.3, -0.25) is 15.6 Å². The summed E-state index contributed by atoms with van der Waals surface area (Å²) in [6, 6.07) is 9.25. The van der Waals surface area contributed by atoms with Crippen LogP contribution in [-0.2, 0) is 9.67 Å². The predicted octanol–water partition coefficient (Wildman–Crippen LogP) is 2.23. The van der Waals surface area contributed by atoms with Gasteiger partial charge < -0.3 is 11.5 Å². The molecular formula is C14H14N6OS3. The van der Waals surface area contributed by atoms with Crippen molar-refractivity contribution in [1.29, 1.82) is 0 Å². The monoisotopic (exact) mass is 378 g/mol. The molecule has 3 aromatic rings. The zero-order chi connectivity index (χ0) is 17.0. The summed E-state index contributed by atoms with van der Waals surface area (Å²) in [5.41, 5.74) is 18.7. The number of rotatable bonds is 6. The fourth-order valence-corrected chi connectivity index (χ4v) is 4.37. The number of anilines is 2. The number of benzene rings is 1. The minimum atomic E-state index is -1.45. The molecule has 1 atom stereocenters. The molecule has 0 aliphatic carbocycles. The maximum atomic E-state index is 12.8. The van der Waals surface area contributed by atoms with Gasteiger partial charge in [-0.2, -0.15) is 0 Å². The first kappa shape index (κ1) is 16.7. The normalized spacial score (nSPS) is 13.2. The molecule has 0 spiro atoms. The van der Waals surface area contributed by atoms with Gasteiger partial charge in [-0.1, -0.05) is 30.0 Å². The summed E-state index contributed by atoms with van der Waals surface area (Å²) < 4.78 is 0.666. The molecule has 1 amide bonds. The lowest BCUT2D eigenvalue weighted by atomic mass is 10.2. The van der Waals surface area contributed by atoms with Crippen molar-refractivity contribution in [3.63, 3.8) is 0 Å². The molecule has 10 heteroatoms. The van der Waals surface area contributed by atoms with Crippen LogP contribution in [0.4, 0.5) is 10.8 Å². The number of nitrogens with one attached hydrogen (secondary N) is 2. The van der Waals surface area contributed by atoms with Gasteiger partial charge in [0.1, 0.15) is 0 Å². The van der Waals surface area contributed by atoms with Gasteiger partial charge in [0.2, 0.25) is 0 Å². The van der Waals surface area contributed by atoms with Gasteiger partial charge >= 0.3 is 0 Å². The first-order chi connectivity index (χ1) is 11.6. The molecule has 1 aromatic carbocycles. The molecular weight excluding hydrogens is 364 g/mol. The second-order valence-corrected chi connectivity index (χ2v) is 7.93. The van der Waals surface area contributed by atoms with Gasteiger partial charge in [0.15, 0.2) is 14.3 Å². The molecule has 7 nitrogen and oxygen atoms in total. The number of amides is 1. The number of hydrogen-bond acceptors (Lipinski definition) is 9. The molecule has 3 rings (SSSR count). The number of carbonyl (C=O) groups excluding carboxylic acids is 1. The Labute approximate surface area is 150 Å². The number of nitrogens with two attached hydrogens (primary N) is 2. The lowest BCUT2D eigenvalue weighted by Crippen LogP contribution is -2.50. The van der Waals surface area contributed by atoms with E-state index in [1.807, 2.05) is 35.7 Å². The number of nitrogens with zero attached hydrogens (tertiary/aromatic N) is 2. The van der Waals surface area contributed by atoms with Gasteiger partial charge in [-0.25, -0.2) is 9.97 Å². The van der Waals surface area contributed by atoms with E-state index in [0.29, 0.717) is 15.2 Å². The number of carbonyl (C=O) groups is 1. The van der Waals surface area contributed by atoms with Crippen LogP contribution in [0.15, 0.2) is 51.6 Å². The number of thioether (sulfide) groups is 1. The zero-order valence-corrected chi connectivity index (χ0v) is 14.8. The van der Waals surface area contributed by atoms with Gasteiger partial charge in [0, 0.05) is 17.0 Å². The fourth-order valence-electron chi connectivity index (χ4n) is 1.81. The van der Waals surface area contributed by atoms with E-state index >= 15 is 0 Å². The molecule has 24 heavy (non-hydrogen) atoms. The number of hydrazine groups is 1. The molecule has 0 radical (unpaired) electrons. The maximum absolute atomic E-state index is 12.8. The Morgan fingerprint density at radius 1 is 1.25 bits per heavy atom. The molecule has 2 aromatic heterocycles. The van der Waals surface area contributed by atoms with Crippen LogP contribution in [0.25, 0.3) is 0 Å². The molecule has 6 N–H and O–H groups in total. The van der Waals surface area contributed by atoms with Crippen LogP contribution < -0.4 is 22.3 Å². The van der Waals surface area contributed by atoms with Crippen molar-refractivity contribution < 1.29 is 4.79 Å². The van der Waals surface area contributed by atoms with Crippen molar-refractivity contribution >= 4 is 51.2 Å². The Bertz CT molecular complexity index is 807. The van der Waals surface area contributed by atoms with Gasteiger partial charge in [0.05, 0.1) is 11.4 Å². The van der Waals surface area contributed by atoms with Crippen molar-refractivity contribution in [3.8, 4) is 0 Å². The Balaban J connectivity index is 1.82. The van der Waals surface area contributed by atoms with Gasteiger partial charge in [-0.05, 0) is 12.1 Å². The third kappa shape index (κ3) is 3.67. The average Bonchev–Trinajstić information content (AvgIpc) is 3.25. The van der Waals surface area contributed by atoms with E-state index in [1.54, 1.807) is 11.6 Å². The van der Waals surface area contributed by atoms with Crippen molar-refractivity contribution in [1.82, 2.24) is 15.4 Å². The van der Waals surface area contributed by atoms with Crippen LogP contribution in [0, 0.1) is 0 Å². The number of nitrogen functional groups attached to an aromatic ring is 1. The average molecular weight is 379 g/mol. The highest BCUT2D eigenvalue weighted by Crippen LogP contribution is 2.39. The van der Waals surface area contributed by atoms with E-state index in [-0.39, 0.29) is 0 Å². The Hall–Kier alpha value is -2.14. The number of para-hydroxylation sites is 1. The third-order valence-corrected chi connectivity index (χ3v) is 5.77. The molecule has 1 unspecified atom stereocenters. The number of hydrogen-bond donors (Lipinski definition) is 4. The van der Waals surface area contributed by atoms with E-state index in [9.17, 15) is 4.79 Å². The van der Waals surface area contributed by atoms with Crippen LogP contribution in [0.2, 0.25) is 0 Å². The molecule has 2 heterocycles. The molecule has 0 aliphatic heterocycles. The van der Waals surface area contributed by atoms with Crippen molar-refractivity contribution in [2.75, 3.05) is 11.2 Å². The summed E-state index contributed by atoms with van der Waals surface area (Å²) in [6.07, 6.45) is 1.66. The van der Waals surface area contributed by atoms with Crippen LogP contribution in [0.1, 0.15) is 5.69 Å². The lowest BCUT2D eigenvalue weighted by molar-refractivity contribution is -0.123. The van der Waals surface area contributed by atoms with Crippen molar-refractivity contribution in [3.05, 3.63) is 53.0 Å². The molecule has 0 fully saturated rings. The zero-order valence-electron chi connectivity index (χ0n) is 12.3. The van der Waals surface area contributed by atoms with Crippen molar-refractivity contribution in [2.45, 2.75) is 9.21 Å². The van der Waals surface area contributed by atoms with E-state index in [2.05, 4.69) is 20.8 Å². The molecule has 0 saturated carbocycles. The quantitative estimate of drug-likeness (QED) is 0.295. The van der Waals surface area contributed by atoms with Crippen LogP contribution in [0.5, 0.6) is 0 Å². The summed E-state index contributed by atoms with van der Waals surface area (Å²) in [4.78, 5) is 19.7. The maximum Gasteiger partial charge on any atom is 0.275 e. The molecule has 0 saturated heterocycles. The molecule has 0 aliphatic rings. The van der Waals surface area contributed by atoms with E-state index in [1.165, 1.54) is 22.7 Å². The van der Waals surface area contributed by atoms with E-state index in [4.69, 9.17) is 11.5 Å². The first-order valence-corrected chi connectivity index (χ1v) is 9.36. The Morgan fingerprint density at radius 2 is 2.04 bits per heavy atom. The summed E-state index contributed by atoms with van der Waals surface area (Å²) in [7, 11) is 0. The molecule has 124 valence electrons. The minimum absolute atomic E-state index is 0.350. The lowest BCUT2D eigenvalue weighted by Gasteiger charge is -2.25. The summed E-state index contributed by atoms with van der Waals surface area (Å²) in [6.45, 7) is 0. The summed E-state index contributed by atoms with van der Waals surface area (Å²) >= 11 is 3.76. The number of aromatic nitrogens is 2. The standard InChI is InChI=1S/C14H14N6OS3/c15-12-18-10(8-23-12)14(16,24-13-17-6-7-22-13)11(21)20-19-9-4-2-1-3-5-9/h1-8,19H,16H2,(H2,15,18)(H,20,21). The second-order valence-electron chi connectivity index (χ2n) is 4.65. The third-order valence-electron chi connectivity index (χ3n) is 2.99. The molecule has 0 bridgehead atoms. The minimum Gasteiger partial charge on any atom is -0.375 e. The largest absolute Gasteiger partial charge is 0.375 e. The topological polar surface area (TPSA) is 119 Å². The SMILES string of the molecule is Nc1nc(C(N)(Sc2nccs2)C(=O)NNc2ccccc2)cs1.